The third kappa shape index (κ3) is 15.5. The van der Waals surface area contributed by atoms with Crippen LogP contribution in [0.1, 0.15) is 77.6 Å². The predicted molar refractivity (Wildman–Crippen MR) is 86.0 cm³/mol. The Kier molecular flexibility index (Phi) is 14.4. The number of nitrogens with zero attached hydrogens (tertiary/aromatic N) is 1. The van der Waals surface area contributed by atoms with Crippen LogP contribution in [0.2, 0.25) is 0 Å². The lowest BCUT2D eigenvalue weighted by Crippen LogP contribution is -2.14. The summed E-state index contributed by atoms with van der Waals surface area (Å²) in [6.45, 7) is 3.89. The van der Waals surface area contributed by atoms with E-state index in [-0.39, 0.29) is 5.97 Å². The summed E-state index contributed by atoms with van der Waals surface area (Å²) in [4.78, 5) is 13.6. The molecule has 20 heavy (non-hydrogen) atoms. The zero-order chi connectivity index (χ0) is 15.1. The number of carbonyl (C=O) groups excluding carboxylic acids is 1. The molecule has 0 atom stereocenters. The topological polar surface area (TPSA) is 29.5 Å². The van der Waals surface area contributed by atoms with E-state index in [1.165, 1.54) is 44.9 Å². The largest absolute Gasteiger partial charge is 0.466 e. The van der Waals surface area contributed by atoms with Gasteiger partial charge in [0.05, 0.1) is 6.61 Å². The molecule has 0 saturated carbocycles. The average molecular weight is 285 g/mol. The molecular formula is C17H35NO2. The van der Waals surface area contributed by atoms with Crippen molar-refractivity contribution in [1.29, 1.82) is 0 Å². The highest BCUT2D eigenvalue weighted by molar-refractivity contribution is 5.69. The van der Waals surface area contributed by atoms with E-state index in [1.54, 1.807) is 0 Å². The Bertz CT molecular complexity index is 217. The lowest BCUT2D eigenvalue weighted by Gasteiger charge is -2.09. The van der Waals surface area contributed by atoms with Gasteiger partial charge in [-0.05, 0) is 39.9 Å². The van der Waals surface area contributed by atoms with E-state index in [4.69, 9.17) is 4.74 Å². The molecule has 0 aliphatic carbocycles. The molecule has 0 aliphatic rings. The second-order valence-corrected chi connectivity index (χ2v) is 5.96. The number of esters is 1. The quantitative estimate of drug-likeness (QED) is 0.350. The summed E-state index contributed by atoms with van der Waals surface area (Å²) < 4.78 is 5.23. The van der Waals surface area contributed by atoms with Crippen LogP contribution in [0.4, 0.5) is 0 Å². The van der Waals surface area contributed by atoms with Crippen LogP contribution in [-0.2, 0) is 9.53 Å². The van der Waals surface area contributed by atoms with Crippen molar-refractivity contribution in [3.8, 4) is 0 Å². The van der Waals surface area contributed by atoms with Crippen molar-refractivity contribution in [2.24, 2.45) is 0 Å². The van der Waals surface area contributed by atoms with Gasteiger partial charge in [-0.3, -0.25) is 4.79 Å². The molecule has 120 valence electrons. The summed E-state index contributed by atoms with van der Waals surface area (Å²) in [6, 6.07) is 0. The summed E-state index contributed by atoms with van der Waals surface area (Å²) in [5.74, 6) is -0.0131. The number of ether oxygens (including phenoxy) is 1. The second kappa shape index (κ2) is 14.8. The summed E-state index contributed by atoms with van der Waals surface area (Å²) in [5.41, 5.74) is 0. The van der Waals surface area contributed by atoms with Crippen molar-refractivity contribution in [2.75, 3.05) is 27.2 Å². The van der Waals surface area contributed by atoms with Gasteiger partial charge in [0.25, 0.3) is 0 Å². The van der Waals surface area contributed by atoms with Gasteiger partial charge in [0.2, 0.25) is 0 Å². The van der Waals surface area contributed by atoms with Crippen molar-refractivity contribution in [3.05, 3.63) is 0 Å². The highest BCUT2D eigenvalue weighted by Crippen LogP contribution is 2.09. The van der Waals surface area contributed by atoms with Crippen LogP contribution in [0, 0.1) is 0 Å². The molecule has 0 aliphatic heterocycles. The molecule has 0 rings (SSSR count). The molecule has 0 aromatic heterocycles. The van der Waals surface area contributed by atoms with E-state index >= 15 is 0 Å². The van der Waals surface area contributed by atoms with E-state index in [1.807, 2.05) is 0 Å². The van der Waals surface area contributed by atoms with E-state index in [0.717, 1.165) is 25.8 Å². The third-order valence-electron chi connectivity index (χ3n) is 3.50. The Morgan fingerprint density at radius 1 is 0.850 bits per heavy atom. The number of hydrogen-bond donors (Lipinski definition) is 0. The molecule has 0 unspecified atom stereocenters. The Labute approximate surface area is 126 Å². The Morgan fingerprint density at radius 3 is 2.05 bits per heavy atom. The van der Waals surface area contributed by atoms with E-state index < -0.39 is 0 Å². The molecule has 3 heteroatoms. The first-order valence-corrected chi connectivity index (χ1v) is 8.47. The molecule has 0 aromatic rings. The Morgan fingerprint density at radius 2 is 1.45 bits per heavy atom. The summed E-state index contributed by atoms with van der Waals surface area (Å²) in [6.07, 6.45) is 12.8. The van der Waals surface area contributed by atoms with Crippen LogP contribution in [0.3, 0.4) is 0 Å². The van der Waals surface area contributed by atoms with Crippen LogP contribution in [0.25, 0.3) is 0 Å². The minimum Gasteiger partial charge on any atom is -0.466 e. The maximum absolute atomic E-state index is 11.5. The zero-order valence-corrected chi connectivity index (χ0v) is 14.0. The minimum atomic E-state index is -0.0131. The number of unbranched alkanes of at least 4 members (excludes halogenated alkanes) is 8. The lowest BCUT2D eigenvalue weighted by atomic mass is 10.1. The van der Waals surface area contributed by atoms with Gasteiger partial charge < -0.3 is 9.64 Å². The van der Waals surface area contributed by atoms with Crippen LogP contribution in [-0.4, -0.2) is 38.1 Å². The van der Waals surface area contributed by atoms with E-state index in [0.29, 0.717) is 13.0 Å². The highest BCUT2D eigenvalue weighted by Gasteiger charge is 2.02. The van der Waals surface area contributed by atoms with Gasteiger partial charge in [-0.25, -0.2) is 0 Å². The van der Waals surface area contributed by atoms with Crippen LogP contribution in [0.5, 0.6) is 0 Å². The number of carbonyl (C=O) groups is 1. The standard InChI is InChI=1S/C17H35NO2/c1-4-5-6-7-8-9-10-11-14-17(19)20-16-13-12-15-18(2)3/h4-16H2,1-3H3. The summed E-state index contributed by atoms with van der Waals surface area (Å²) >= 11 is 0. The molecule has 0 N–H and O–H groups in total. The van der Waals surface area contributed by atoms with Crippen molar-refractivity contribution in [2.45, 2.75) is 77.6 Å². The maximum atomic E-state index is 11.5. The fraction of sp³-hybridized carbons (Fsp3) is 0.941. The van der Waals surface area contributed by atoms with Crippen LogP contribution < -0.4 is 0 Å². The smallest absolute Gasteiger partial charge is 0.305 e. The van der Waals surface area contributed by atoms with Crippen molar-refractivity contribution in [3.63, 3.8) is 0 Å². The van der Waals surface area contributed by atoms with Gasteiger partial charge in [-0.2, -0.15) is 0 Å². The van der Waals surface area contributed by atoms with E-state index in [2.05, 4.69) is 25.9 Å². The second-order valence-electron chi connectivity index (χ2n) is 5.96. The zero-order valence-electron chi connectivity index (χ0n) is 14.0. The molecule has 0 amide bonds. The first-order valence-electron chi connectivity index (χ1n) is 8.47. The Hall–Kier alpha value is -0.570. The first kappa shape index (κ1) is 19.4. The average Bonchev–Trinajstić information content (AvgIpc) is 2.41. The van der Waals surface area contributed by atoms with Crippen molar-refractivity contribution < 1.29 is 9.53 Å². The molecule has 3 nitrogen and oxygen atoms in total. The SMILES string of the molecule is CCCCCCCCCCC(=O)OCCCCN(C)C. The number of hydrogen-bond acceptors (Lipinski definition) is 3. The number of rotatable bonds is 14. The van der Waals surface area contributed by atoms with Crippen LogP contribution >= 0.6 is 0 Å². The maximum Gasteiger partial charge on any atom is 0.305 e. The molecule has 0 saturated heterocycles. The van der Waals surface area contributed by atoms with Gasteiger partial charge in [-0.1, -0.05) is 51.9 Å². The molecule has 0 bridgehead atoms. The normalized spacial score (nSPS) is 11.0. The fourth-order valence-electron chi connectivity index (χ4n) is 2.19. The van der Waals surface area contributed by atoms with Gasteiger partial charge in [0.1, 0.15) is 0 Å². The molecule has 0 heterocycles. The first-order chi connectivity index (χ1) is 9.66. The van der Waals surface area contributed by atoms with Crippen molar-refractivity contribution in [1.82, 2.24) is 4.90 Å². The molecule has 0 radical (unpaired) electrons. The van der Waals surface area contributed by atoms with Crippen molar-refractivity contribution >= 4 is 5.97 Å². The van der Waals surface area contributed by atoms with Gasteiger partial charge >= 0.3 is 5.97 Å². The minimum absolute atomic E-state index is 0.0131. The van der Waals surface area contributed by atoms with Crippen LogP contribution in [0.15, 0.2) is 0 Å². The summed E-state index contributed by atoms with van der Waals surface area (Å²) in [5, 5.41) is 0. The van der Waals surface area contributed by atoms with E-state index in [9.17, 15) is 4.79 Å². The molecule has 0 fully saturated rings. The highest BCUT2D eigenvalue weighted by atomic mass is 16.5. The summed E-state index contributed by atoms with van der Waals surface area (Å²) in [7, 11) is 4.13. The lowest BCUT2D eigenvalue weighted by molar-refractivity contribution is -0.143. The fourth-order valence-corrected chi connectivity index (χ4v) is 2.19. The van der Waals surface area contributed by atoms with Gasteiger partial charge in [0.15, 0.2) is 0 Å². The monoisotopic (exact) mass is 285 g/mol. The predicted octanol–water partition coefficient (Wildman–Crippen LogP) is 4.40. The van der Waals surface area contributed by atoms with Gasteiger partial charge in [-0.15, -0.1) is 0 Å². The Balaban J connectivity index is 3.16. The van der Waals surface area contributed by atoms with Gasteiger partial charge in [0, 0.05) is 6.42 Å². The molecule has 0 spiro atoms. The molecular weight excluding hydrogens is 250 g/mol. The third-order valence-corrected chi connectivity index (χ3v) is 3.50. The molecule has 0 aromatic carbocycles.